The minimum atomic E-state index is -1.14. The molecule has 0 atom stereocenters. The van der Waals surface area contributed by atoms with E-state index in [0.29, 0.717) is 0 Å². The summed E-state index contributed by atoms with van der Waals surface area (Å²) < 4.78 is 6.23. The van der Waals surface area contributed by atoms with Gasteiger partial charge in [-0.2, -0.15) is 0 Å². The van der Waals surface area contributed by atoms with Crippen LogP contribution in [-0.2, 0) is 3.76 Å². The van der Waals surface area contributed by atoms with Gasteiger partial charge >= 0.3 is 138 Å². The van der Waals surface area contributed by atoms with Gasteiger partial charge in [-0.3, -0.25) is 0 Å². The monoisotopic (exact) mass is 406 g/mol. The van der Waals surface area contributed by atoms with Crippen LogP contribution < -0.4 is 0 Å². The molecule has 120 valence electrons. The van der Waals surface area contributed by atoms with Gasteiger partial charge < -0.3 is 0 Å². The van der Waals surface area contributed by atoms with Crippen molar-refractivity contribution in [1.29, 1.82) is 0 Å². The van der Waals surface area contributed by atoms with Crippen LogP contribution in [0.1, 0.15) is 72.6 Å². The molecule has 0 heterocycles. The molecule has 0 saturated heterocycles. The Kier molecular flexibility index (Phi) is 13.2. The Labute approximate surface area is 138 Å². The molecule has 0 N–H and O–H groups in total. The van der Waals surface area contributed by atoms with Gasteiger partial charge in [-0.25, -0.2) is 0 Å². The molecule has 0 aliphatic rings. The van der Waals surface area contributed by atoms with Gasteiger partial charge in [0.05, 0.1) is 0 Å². The van der Waals surface area contributed by atoms with E-state index < -0.39 is 29.0 Å². The number of rotatable bonds is 13. The van der Waals surface area contributed by atoms with Crippen LogP contribution in [0.3, 0.4) is 0 Å². The Hall–Kier alpha value is 1.05. The zero-order valence-electron chi connectivity index (χ0n) is 15.0. The summed E-state index contributed by atoms with van der Waals surface area (Å²) in [4.78, 5) is 0. The van der Waals surface area contributed by atoms with Crippen LogP contribution in [-0.4, -0.2) is 34.6 Å². The van der Waals surface area contributed by atoms with E-state index in [2.05, 4.69) is 39.2 Å². The molecule has 0 rings (SSSR count). The van der Waals surface area contributed by atoms with E-state index >= 15 is 0 Å². The van der Waals surface area contributed by atoms with Crippen molar-refractivity contribution >= 4 is 29.0 Å². The molecule has 0 spiro atoms. The van der Waals surface area contributed by atoms with E-state index in [1.54, 1.807) is 10.5 Å². The van der Waals surface area contributed by atoms with Crippen molar-refractivity contribution < 1.29 is 3.76 Å². The van der Waals surface area contributed by atoms with E-state index in [4.69, 9.17) is 3.76 Å². The van der Waals surface area contributed by atoms with Crippen molar-refractivity contribution in [3.05, 3.63) is 0 Å². The number of hydrogen-bond acceptors (Lipinski definition) is 1. The van der Waals surface area contributed by atoms with Crippen molar-refractivity contribution in [3.8, 4) is 0 Å². The zero-order valence-corrected chi connectivity index (χ0v) is 19.2. The molecule has 0 aromatic heterocycles. The molecule has 0 fully saturated rings. The van der Waals surface area contributed by atoms with E-state index in [1.807, 2.05) is 0 Å². The van der Waals surface area contributed by atoms with Gasteiger partial charge in [0.15, 0.2) is 0 Å². The van der Waals surface area contributed by atoms with Crippen molar-refractivity contribution in [3.63, 3.8) is 0 Å². The summed E-state index contributed by atoms with van der Waals surface area (Å²) in [6.07, 6.45) is 9.96. The molecule has 0 aromatic carbocycles. The molecule has 0 saturated carbocycles. The van der Waals surface area contributed by atoms with Gasteiger partial charge in [0, 0.05) is 0 Å². The summed E-state index contributed by atoms with van der Waals surface area (Å²) >= 11 is -1.94. The summed E-state index contributed by atoms with van der Waals surface area (Å²) in [5.74, 6) is 4.64. The van der Waals surface area contributed by atoms with Crippen molar-refractivity contribution in [2.24, 2.45) is 0 Å². The number of hydrogen-bond donors (Lipinski definition) is 0. The summed E-state index contributed by atoms with van der Waals surface area (Å²) in [6, 6.07) is 0. The van der Waals surface area contributed by atoms with Crippen LogP contribution in [0.5, 0.6) is 0 Å². The average molecular weight is 404 g/mol. The van der Waals surface area contributed by atoms with E-state index in [9.17, 15) is 0 Å². The molecule has 0 unspecified atom stereocenters. The van der Waals surface area contributed by atoms with Gasteiger partial charge in [0.1, 0.15) is 0 Å². The van der Waals surface area contributed by atoms with Crippen LogP contribution in [0, 0.1) is 0 Å². The van der Waals surface area contributed by atoms with Gasteiger partial charge in [-0.05, 0) is 0 Å². The molecule has 20 heavy (non-hydrogen) atoms. The fourth-order valence-corrected chi connectivity index (χ4v) is 12.0. The second-order valence-electron chi connectivity index (χ2n) is 6.93. The first kappa shape index (κ1) is 21.0. The van der Waals surface area contributed by atoms with E-state index in [-0.39, 0.29) is 5.60 Å². The Bertz CT molecular complexity index is 207. The molecular formula is C17H38Ge2O. The maximum atomic E-state index is 6.23. The number of unbranched alkanes of at least 4 members (excludes halogenated alkanes) is 4. The molecule has 3 heteroatoms. The SMILES string of the molecule is CCCC[CH2][Ge]([CH2]CCCC)[CH2]CC(C)(C)[O][Ge]([CH3])[CH3]. The minimum absolute atomic E-state index is 0.159. The Morgan fingerprint density at radius 3 is 1.70 bits per heavy atom. The van der Waals surface area contributed by atoms with Crippen molar-refractivity contribution in [2.45, 2.75) is 106 Å². The zero-order chi connectivity index (χ0) is 15.4. The predicted molar refractivity (Wildman–Crippen MR) is 96.5 cm³/mol. The van der Waals surface area contributed by atoms with Gasteiger partial charge in [-0.1, -0.05) is 0 Å². The van der Waals surface area contributed by atoms with E-state index in [0.717, 1.165) is 0 Å². The summed E-state index contributed by atoms with van der Waals surface area (Å²) in [7, 11) is 0. The third kappa shape index (κ3) is 12.8. The molecule has 0 aliphatic carbocycles. The second-order valence-corrected chi connectivity index (χ2v) is 17.5. The Morgan fingerprint density at radius 2 is 1.30 bits per heavy atom. The molecular weight excluding hydrogens is 365 g/mol. The molecule has 0 amide bonds. The van der Waals surface area contributed by atoms with Gasteiger partial charge in [0.2, 0.25) is 0 Å². The fourth-order valence-electron chi connectivity index (χ4n) is 2.71. The average Bonchev–Trinajstić information content (AvgIpc) is 2.34. The predicted octanol–water partition coefficient (Wildman–Crippen LogP) is 6.30. The molecule has 0 aromatic rings. The topological polar surface area (TPSA) is 9.23 Å². The molecule has 0 aliphatic heterocycles. The van der Waals surface area contributed by atoms with E-state index in [1.165, 1.54) is 50.2 Å². The van der Waals surface area contributed by atoms with Crippen LogP contribution in [0.4, 0.5) is 0 Å². The van der Waals surface area contributed by atoms with Crippen LogP contribution in [0.25, 0.3) is 0 Å². The quantitative estimate of drug-likeness (QED) is 0.259. The Morgan fingerprint density at radius 1 is 0.800 bits per heavy atom. The first-order chi connectivity index (χ1) is 9.41. The summed E-state index contributed by atoms with van der Waals surface area (Å²) in [6.45, 7) is 9.28. The maximum absolute atomic E-state index is 6.23. The third-order valence-electron chi connectivity index (χ3n) is 3.83. The molecule has 1 nitrogen and oxygen atoms in total. The van der Waals surface area contributed by atoms with Crippen LogP contribution >= 0.6 is 0 Å². The Balaban J connectivity index is 4.10. The van der Waals surface area contributed by atoms with Crippen LogP contribution in [0.15, 0.2) is 0 Å². The first-order valence-electron chi connectivity index (χ1n) is 8.74. The normalized spacial score (nSPS) is 12.6. The van der Waals surface area contributed by atoms with Crippen molar-refractivity contribution in [1.82, 2.24) is 0 Å². The fraction of sp³-hybridized carbons (Fsp3) is 1.00. The molecule has 0 bridgehead atoms. The molecule has 2 radical (unpaired) electrons. The standard InChI is InChI=1S/C17H38Ge2O/c1-7-9-11-14-19(15-12-10-8-2)16-13-17(3,4)20-18(5)6/h7-16H2,1-6H3. The van der Waals surface area contributed by atoms with Crippen LogP contribution in [0.2, 0.25) is 27.3 Å². The van der Waals surface area contributed by atoms with Crippen molar-refractivity contribution in [2.75, 3.05) is 0 Å². The summed E-state index contributed by atoms with van der Waals surface area (Å²) in [5, 5.41) is 4.75. The van der Waals surface area contributed by atoms with Gasteiger partial charge in [0.25, 0.3) is 0 Å². The second kappa shape index (κ2) is 12.6. The first-order valence-corrected chi connectivity index (χ1v) is 18.2. The summed E-state index contributed by atoms with van der Waals surface area (Å²) in [5.41, 5.74) is 0.159. The van der Waals surface area contributed by atoms with Gasteiger partial charge in [-0.15, -0.1) is 0 Å². The third-order valence-corrected chi connectivity index (χ3v) is 12.3.